The van der Waals surface area contributed by atoms with Gasteiger partial charge >= 0.3 is 0 Å². The van der Waals surface area contributed by atoms with E-state index in [-0.39, 0.29) is 17.5 Å². The van der Waals surface area contributed by atoms with E-state index in [1.807, 2.05) is 43.3 Å². The second-order valence-corrected chi connectivity index (χ2v) is 9.88. The summed E-state index contributed by atoms with van der Waals surface area (Å²) in [4.78, 5) is 41.7. The lowest BCUT2D eigenvalue weighted by Gasteiger charge is -2.31. The zero-order valence-corrected chi connectivity index (χ0v) is 19.3. The predicted octanol–water partition coefficient (Wildman–Crippen LogP) is 3.81. The van der Waals surface area contributed by atoms with Crippen molar-refractivity contribution in [1.82, 2.24) is 25.2 Å². The number of aryl methyl sites for hydroxylation is 1. The number of hydrogen-bond donors (Lipinski definition) is 2. The number of likely N-dealkylation sites (tertiary alicyclic amines) is 1. The van der Waals surface area contributed by atoms with Gasteiger partial charge in [0.15, 0.2) is 0 Å². The van der Waals surface area contributed by atoms with Crippen LogP contribution < -0.4 is 10.9 Å². The molecule has 1 saturated heterocycles. The number of nitrogens with one attached hydrogen (secondary N) is 2. The molecular weight excluding hydrogens is 442 g/mol. The van der Waals surface area contributed by atoms with Gasteiger partial charge in [0.2, 0.25) is 0 Å². The van der Waals surface area contributed by atoms with Crippen molar-refractivity contribution in [3.63, 3.8) is 0 Å². The van der Waals surface area contributed by atoms with Crippen LogP contribution in [0.15, 0.2) is 46.7 Å². The van der Waals surface area contributed by atoms with Gasteiger partial charge < -0.3 is 10.3 Å². The lowest BCUT2D eigenvalue weighted by molar-refractivity contribution is 0.0911. The molecule has 1 aromatic carbocycles. The molecule has 2 N–H and O–H groups in total. The molecule has 0 aliphatic carbocycles. The normalized spacial score (nSPS) is 15.3. The van der Waals surface area contributed by atoms with Crippen LogP contribution >= 0.6 is 22.7 Å². The third kappa shape index (κ3) is 4.36. The monoisotopic (exact) mass is 465 g/mol. The number of fused-ring (bicyclic) bond motifs is 1. The lowest BCUT2D eigenvalue weighted by atomic mass is 10.0. The first kappa shape index (κ1) is 21.0. The molecule has 0 spiro atoms. The molecule has 1 aliphatic heterocycles. The fraction of sp³-hybridized carbons (Fsp3) is 0.304. The molecule has 1 aliphatic rings. The minimum absolute atomic E-state index is 0.0354. The number of rotatable bonds is 5. The highest BCUT2D eigenvalue weighted by Gasteiger charge is 2.23. The SMILES string of the molecule is Cc1ncsc1C(=O)NC1CCN(Cc2nc3sc(-c4ccccc4)cc3c(=O)[nH]2)CC1. The van der Waals surface area contributed by atoms with E-state index in [0.29, 0.717) is 22.6 Å². The van der Waals surface area contributed by atoms with Crippen LogP contribution in [0.4, 0.5) is 0 Å². The fourth-order valence-corrected chi connectivity index (χ4v) is 5.78. The first-order valence-electron chi connectivity index (χ1n) is 10.6. The number of aromatic nitrogens is 3. The Morgan fingerprint density at radius 2 is 2.03 bits per heavy atom. The smallest absolute Gasteiger partial charge is 0.263 e. The highest BCUT2D eigenvalue weighted by molar-refractivity contribution is 7.21. The average Bonchev–Trinajstić information content (AvgIpc) is 3.42. The van der Waals surface area contributed by atoms with Gasteiger partial charge in [0.05, 0.1) is 23.1 Å². The number of hydrogen-bond acceptors (Lipinski definition) is 7. The Hall–Kier alpha value is -2.88. The lowest BCUT2D eigenvalue weighted by Crippen LogP contribution is -2.44. The first-order chi connectivity index (χ1) is 15.6. The molecule has 3 aromatic heterocycles. The minimum atomic E-state index is -0.0921. The summed E-state index contributed by atoms with van der Waals surface area (Å²) in [6.45, 7) is 4.13. The Labute approximate surface area is 193 Å². The van der Waals surface area contributed by atoms with E-state index in [2.05, 4.69) is 20.2 Å². The van der Waals surface area contributed by atoms with Crippen LogP contribution in [-0.4, -0.2) is 44.9 Å². The van der Waals surface area contributed by atoms with Crippen LogP contribution in [0, 0.1) is 6.92 Å². The van der Waals surface area contributed by atoms with Crippen molar-refractivity contribution < 1.29 is 4.79 Å². The zero-order valence-electron chi connectivity index (χ0n) is 17.6. The Kier molecular flexibility index (Phi) is 5.86. The number of carbonyl (C=O) groups is 1. The summed E-state index contributed by atoms with van der Waals surface area (Å²) in [6.07, 6.45) is 1.74. The van der Waals surface area contributed by atoms with Crippen LogP contribution in [0.2, 0.25) is 0 Å². The molecule has 4 aromatic rings. The van der Waals surface area contributed by atoms with Crippen LogP contribution in [0.1, 0.15) is 34.0 Å². The summed E-state index contributed by atoms with van der Waals surface area (Å²) < 4.78 is 0. The molecule has 0 atom stereocenters. The van der Waals surface area contributed by atoms with Crippen molar-refractivity contribution >= 4 is 38.8 Å². The van der Waals surface area contributed by atoms with E-state index in [9.17, 15) is 9.59 Å². The highest BCUT2D eigenvalue weighted by Crippen LogP contribution is 2.30. The van der Waals surface area contributed by atoms with Gasteiger partial charge in [-0.25, -0.2) is 9.97 Å². The molecule has 32 heavy (non-hydrogen) atoms. The summed E-state index contributed by atoms with van der Waals surface area (Å²) in [5.41, 5.74) is 3.48. The van der Waals surface area contributed by atoms with Gasteiger partial charge in [0, 0.05) is 24.0 Å². The maximum absolute atomic E-state index is 12.6. The molecule has 1 amide bonds. The summed E-state index contributed by atoms with van der Waals surface area (Å²) in [7, 11) is 0. The maximum atomic E-state index is 12.6. The molecule has 0 unspecified atom stereocenters. The molecule has 0 bridgehead atoms. The number of nitrogens with zero attached hydrogens (tertiary/aromatic N) is 3. The number of carbonyl (C=O) groups excluding carboxylic acids is 1. The zero-order chi connectivity index (χ0) is 22.1. The quantitative estimate of drug-likeness (QED) is 0.468. The van der Waals surface area contributed by atoms with E-state index in [1.165, 1.54) is 11.3 Å². The van der Waals surface area contributed by atoms with Crippen molar-refractivity contribution in [2.75, 3.05) is 13.1 Å². The van der Waals surface area contributed by atoms with E-state index in [1.54, 1.807) is 16.8 Å². The highest BCUT2D eigenvalue weighted by atomic mass is 32.1. The van der Waals surface area contributed by atoms with Gasteiger partial charge in [-0.15, -0.1) is 22.7 Å². The predicted molar refractivity (Wildman–Crippen MR) is 128 cm³/mol. The minimum Gasteiger partial charge on any atom is -0.348 e. The molecule has 5 rings (SSSR count). The van der Waals surface area contributed by atoms with Crippen LogP contribution in [-0.2, 0) is 6.54 Å². The molecule has 9 heteroatoms. The maximum Gasteiger partial charge on any atom is 0.263 e. The van der Waals surface area contributed by atoms with Crippen molar-refractivity contribution in [1.29, 1.82) is 0 Å². The number of H-pyrrole nitrogens is 1. The Balaban J connectivity index is 1.23. The topological polar surface area (TPSA) is 91.0 Å². The third-order valence-corrected chi connectivity index (χ3v) is 7.76. The number of amides is 1. The van der Waals surface area contributed by atoms with Gasteiger partial charge in [-0.3, -0.25) is 14.5 Å². The summed E-state index contributed by atoms with van der Waals surface area (Å²) in [5, 5.41) is 3.77. The Morgan fingerprint density at radius 1 is 1.25 bits per heavy atom. The van der Waals surface area contributed by atoms with E-state index < -0.39 is 0 Å². The van der Waals surface area contributed by atoms with Gasteiger partial charge in [-0.1, -0.05) is 30.3 Å². The number of piperidine rings is 1. The van der Waals surface area contributed by atoms with E-state index in [0.717, 1.165) is 46.9 Å². The number of aromatic amines is 1. The molecule has 4 heterocycles. The standard InChI is InChI=1S/C23H23N5O2S2/c1-14-20(31-13-24-14)22(30)25-16-7-9-28(10-8-16)12-19-26-21(29)17-11-18(32-23(17)27-19)15-5-3-2-4-6-15/h2-6,11,13,16H,7-10,12H2,1H3,(H,25,30)(H,26,27,29). The molecule has 0 saturated carbocycles. The molecule has 1 fully saturated rings. The average molecular weight is 466 g/mol. The number of benzene rings is 1. The third-order valence-electron chi connectivity index (χ3n) is 5.76. The molecular formula is C23H23N5O2S2. The van der Waals surface area contributed by atoms with E-state index >= 15 is 0 Å². The second-order valence-electron chi connectivity index (χ2n) is 8.00. The van der Waals surface area contributed by atoms with Crippen molar-refractivity contribution in [3.05, 3.63) is 68.7 Å². The van der Waals surface area contributed by atoms with Gasteiger partial charge in [0.25, 0.3) is 11.5 Å². The van der Waals surface area contributed by atoms with Crippen LogP contribution in [0.3, 0.4) is 0 Å². The summed E-state index contributed by atoms with van der Waals surface area (Å²) in [5.74, 6) is 0.651. The second kappa shape index (κ2) is 8.93. The van der Waals surface area contributed by atoms with Crippen LogP contribution in [0.25, 0.3) is 20.7 Å². The summed E-state index contributed by atoms with van der Waals surface area (Å²) in [6, 6.07) is 12.1. The van der Waals surface area contributed by atoms with Gasteiger partial charge in [0.1, 0.15) is 15.5 Å². The summed E-state index contributed by atoms with van der Waals surface area (Å²) >= 11 is 2.92. The van der Waals surface area contributed by atoms with E-state index in [4.69, 9.17) is 4.98 Å². The number of thiazole rings is 1. The Morgan fingerprint density at radius 3 is 2.75 bits per heavy atom. The van der Waals surface area contributed by atoms with Crippen molar-refractivity contribution in [2.24, 2.45) is 0 Å². The van der Waals surface area contributed by atoms with Crippen molar-refractivity contribution in [2.45, 2.75) is 32.4 Å². The van der Waals surface area contributed by atoms with Gasteiger partial charge in [-0.05, 0) is 31.4 Å². The van der Waals surface area contributed by atoms with Gasteiger partial charge in [-0.2, -0.15) is 0 Å². The largest absolute Gasteiger partial charge is 0.348 e. The Bertz CT molecular complexity index is 1300. The van der Waals surface area contributed by atoms with Crippen LogP contribution in [0.5, 0.6) is 0 Å². The number of thiophene rings is 1. The molecule has 0 radical (unpaired) electrons. The molecule has 7 nitrogen and oxygen atoms in total. The molecule has 164 valence electrons. The van der Waals surface area contributed by atoms with Crippen molar-refractivity contribution in [3.8, 4) is 10.4 Å². The first-order valence-corrected chi connectivity index (χ1v) is 12.3. The fourth-order valence-electron chi connectivity index (χ4n) is 4.01.